The first-order chi connectivity index (χ1) is 14.7. The molecule has 0 radical (unpaired) electrons. The minimum Gasteiger partial charge on any atom is -0.466 e. The van der Waals surface area contributed by atoms with E-state index in [-0.39, 0.29) is 17.6 Å². The van der Waals surface area contributed by atoms with Crippen molar-refractivity contribution in [3.05, 3.63) is 48.5 Å². The fourth-order valence-corrected chi connectivity index (χ4v) is 4.12. The Morgan fingerprint density at radius 1 is 1.07 bits per heavy atom. The van der Waals surface area contributed by atoms with Crippen LogP contribution in [0.4, 0.5) is 0 Å². The van der Waals surface area contributed by atoms with Gasteiger partial charge in [0.25, 0.3) is 0 Å². The Kier molecular flexibility index (Phi) is 6.13. The van der Waals surface area contributed by atoms with Crippen molar-refractivity contribution in [2.24, 2.45) is 0 Å². The monoisotopic (exact) mass is 422 g/mol. The summed E-state index contributed by atoms with van der Waals surface area (Å²) < 4.78 is 6.90. The number of imidazole rings is 1. The van der Waals surface area contributed by atoms with E-state index < -0.39 is 0 Å². The summed E-state index contributed by atoms with van der Waals surface area (Å²) in [6.07, 6.45) is 0.856. The molecule has 0 atom stereocenters. The number of fused-ring (bicyclic) bond motifs is 5. The number of thioether (sulfide) groups is 1. The number of para-hydroxylation sites is 3. The molecule has 0 aliphatic heterocycles. The number of hydrogen-bond acceptors (Lipinski definition) is 6. The van der Waals surface area contributed by atoms with Crippen molar-refractivity contribution in [1.29, 1.82) is 0 Å². The Morgan fingerprint density at radius 3 is 2.67 bits per heavy atom. The first-order valence-electron chi connectivity index (χ1n) is 9.88. The van der Waals surface area contributed by atoms with E-state index in [0.29, 0.717) is 26.0 Å². The van der Waals surface area contributed by atoms with E-state index in [1.807, 2.05) is 52.9 Å². The van der Waals surface area contributed by atoms with Gasteiger partial charge in [-0.3, -0.25) is 14.0 Å². The maximum Gasteiger partial charge on any atom is 0.305 e. The fraction of sp³-hybridized carbons (Fsp3) is 0.273. The second kappa shape index (κ2) is 9.13. The van der Waals surface area contributed by atoms with Crippen LogP contribution in [0, 0.1) is 0 Å². The molecule has 0 bridgehead atoms. The van der Waals surface area contributed by atoms with Crippen molar-refractivity contribution in [2.45, 2.75) is 24.9 Å². The molecule has 2 aromatic carbocycles. The van der Waals surface area contributed by atoms with E-state index in [1.54, 1.807) is 6.92 Å². The van der Waals surface area contributed by atoms with Crippen LogP contribution in [0.25, 0.3) is 27.6 Å². The average Bonchev–Trinajstić information content (AvgIpc) is 3.15. The van der Waals surface area contributed by atoms with Crippen LogP contribution >= 0.6 is 11.8 Å². The summed E-state index contributed by atoms with van der Waals surface area (Å²) in [5.41, 5.74) is 3.53. The predicted octanol–water partition coefficient (Wildman–Crippen LogP) is 3.59. The molecule has 0 spiro atoms. The van der Waals surface area contributed by atoms with Crippen LogP contribution in [0.5, 0.6) is 0 Å². The minimum absolute atomic E-state index is 0.101. The Hall–Kier alpha value is -3.13. The van der Waals surface area contributed by atoms with Gasteiger partial charge < -0.3 is 10.1 Å². The zero-order chi connectivity index (χ0) is 20.9. The molecule has 4 rings (SSSR count). The molecule has 0 unspecified atom stereocenters. The molecule has 2 heterocycles. The third-order valence-corrected chi connectivity index (χ3v) is 5.57. The Balaban J connectivity index is 1.51. The van der Waals surface area contributed by atoms with Gasteiger partial charge >= 0.3 is 5.97 Å². The zero-order valence-electron chi connectivity index (χ0n) is 16.6. The molecular formula is C22H22N4O3S. The average molecular weight is 423 g/mol. The third kappa shape index (κ3) is 4.23. The van der Waals surface area contributed by atoms with Crippen LogP contribution in [0.2, 0.25) is 0 Å². The number of nitrogens with one attached hydrogen (secondary N) is 1. The number of carbonyl (C=O) groups is 2. The number of aromatic nitrogens is 3. The van der Waals surface area contributed by atoms with Crippen LogP contribution in [0.1, 0.15) is 19.8 Å². The molecule has 0 fully saturated rings. The lowest BCUT2D eigenvalue weighted by Gasteiger charge is -2.09. The minimum atomic E-state index is -0.240. The molecular weight excluding hydrogens is 400 g/mol. The van der Waals surface area contributed by atoms with E-state index in [9.17, 15) is 9.59 Å². The van der Waals surface area contributed by atoms with Gasteiger partial charge in [0.15, 0.2) is 5.16 Å². The summed E-state index contributed by atoms with van der Waals surface area (Å²) >= 11 is 1.37. The molecule has 7 nitrogen and oxygen atoms in total. The first kappa shape index (κ1) is 20.2. The zero-order valence-corrected chi connectivity index (χ0v) is 17.4. The Labute approximate surface area is 177 Å². The summed E-state index contributed by atoms with van der Waals surface area (Å²) in [5, 5.41) is 4.54. The number of rotatable bonds is 8. The molecule has 0 aliphatic rings. The number of carbonyl (C=O) groups excluding carboxylic acids is 2. The lowest BCUT2D eigenvalue weighted by Crippen LogP contribution is -2.26. The molecule has 8 heteroatoms. The summed E-state index contributed by atoms with van der Waals surface area (Å²) in [4.78, 5) is 33.2. The second-order valence-corrected chi connectivity index (χ2v) is 7.66. The normalized spacial score (nSPS) is 11.2. The molecule has 0 saturated carbocycles. The summed E-state index contributed by atoms with van der Waals surface area (Å²) in [5.74, 6) is -0.112. The lowest BCUT2D eigenvalue weighted by molar-refractivity contribution is -0.143. The first-order valence-corrected chi connectivity index (χ1v) is 10.9. The smallest absolute Gasteiger partial charge is 0.305 e. The standard InChI is InChI=1S/C22H22N4O3S/c1-2-29-20(28)12-7-13-23-19(27)14-30-22-25-16-9-4-3-8-15(16)21-24-17-10-5-6-11-18(17)26(21)22/h3-6,8-11H,2,7,12-14H2,1H3,(H,23,27). The predicted molar refractivity (Wildman–Crippen MR) is 118 cm³/mol. The van der Waals surface area contributed by atoms with Crippen LogP contribution in [0.15, 0.2) is 53.7 Å². The summed E-state index contributed by atoms with van der Waals surface area (Å²) in [7, 11) is 0. The van der Waals surface area contributed by atoms with Gasteiger partial charge in [0.2, 0.25) is 5.91 Å². The van der Waals surface area contributed by atoms with E-state index in [2.05, 4.69) is 5.32 Å². The van der Waals surface area contributed by atoms with Gasteiger partial charge in [0.1, 0.15) is 5.65 Å². The topological polar surface area (TPSA) is 85.6 Å². The van der Waals surface area contributed by atoms with Crippen LogP contribution in [-0.2, 0) is 14.3 Å². The summed E-state index contributed by atoms with van der Waals surface area (Å²) in [6.45, 7) is 2.59. The van der Waals surface area contributed by atoms with Crippen LogP contribution in [-0.4, -0.2) is 45.1 Å². The van der Waals surface area contributed by atoms with Crippen LogP contribution in [0.3, 0.4) is 0 Å². The molecule has 30 heavy (non-hydrogen) atoms. The number of hydrogen-bond donors (Lipinski definition) is 1. The number of ether oxygens (including phenoxy) is 1. The Morgan fingerprint density at radius 2 is 1.83 bits per heavy atom. The molecule has 1 N–H and O–H groups in total. The van der Waals surface area contributed by atoms with Crippen molar-refractivity contribution in [2.75, 3.05) is 18.9 Å². The van der Waals surface area contributed by atoms with Crippen molar-refractivity contribution in [3.8, 4) is 0 Å². The van der Waals surface area contributed by atoms with Gasteiger partial charge in [0, 0.05) is 18.4 Å². The van der Waals surface area contributed by atoms with Gasteiger partial charge in [-0.2, -0.15) is 0 Å². The van der Waals surface area contributed by atoms with Crippen molar-refractivity contribution >= 4 is 51.2 Å². The van der Waals surface area contributed by atoms with E-state index >= 15 is 0 Å². The molecule has 1 amide bonds. The van der Waals surface area contributed by atoms with E-state index in [1.165, 1.54) is 11.8 Å². The van der Waals surface area contributed by atoms with Crippen molar-refractivity contribution in [1.82, 2.24) is 19.7 Å². The third-order valence-electron chi connectivity index (χ3n) is 4.63. The number of amides is 1. The van der Waals surface area contributed by atoms with E-state index in [0.717, 1.165) is 32.7 Å². The maximum atomic E-state index is 12.3. The highest BCUT2D eigenvalue weighted by molar-refractivity contribution is 7.99. The van der Waals surface area contributed by atoms with Gasteiger partial charge in [-0.25, -0.2) is 9.97 Å². The molecule has 4 aromatic rings. The highest BCUT2D eigenvalue weighted by Crippen LogP contribution is 2.28. The maximum absolute atomic E-state index is 12.3. The van der Waals surface area contributed by atoms with Gasteiger partial charge in [-0.15, -0.1) is 0 Å². The van der Waals surface area contributed by atoms with Crippen molar-refractivity contribution < 1.29 is 14.3 Å². The van der Waals surface area contributed by atoms with Gasteiger partial charge in [-0.05, 0) is 37.6 Å². The number of esters is 1. The SMILES string of the molecule is CCOC(=O)CCCNC(=O)CSc1nc2ccccc2c2nc3ccccc3n12. The molecule has 0 aliphatic carbocycles. The van der Waals surface area contributed by atoms with E-state index in [4.69, 9.17) is 14.7 Å². The number of nitrogens with zero attached hydrogens (tertiary/aromatic N) is 3. The largest absolute Gasteiger partial charge is 0.466 e. The molecule has 0 saturated heterocycles. The lowest BCUT2D eigenvalue weighted by atomic mass is 10.2. The van der Waals surface area contributed by atoms with Crippen molar-refractivity contribution in [3.63, 3.8) is 0 Å². The number of benzene rings is 2. The van der Waals surface area contributed by atoms with Gasteiger partial charge in [0.05, 0.1) is 28.9 Å². The molecule has 2 aromatic heterocycles. The molecule has 154 valence electrons. The second-order valence-electron chi connectivity index (χ2n) is 6.72. The highest BCUT2D eigenvalue weighted by atomic mass is 32.2. The summed E-state index contributed by atoms with van der Waals surface area (Å²) in [6, 6.07) is 15.8. The fourth-order valence-electron chi connectivity index (χ4n) is 3.29. The quantitative estimate of drug-likeness (QED) is 0.202. The van der Waals surface area contributed by atoms with Crippen LogP contribution < -0.4 is 5.32 Å². The Bertz CT molecular complexity index is 1220. The van der Waals surface area contributed by atoms with Gasteiger partial charge in [-0.1, -0.05) is 36.0 Å². The highest BCUT2D eigenvalue weighted by Gasteiger charge is 2.15.